The Bertz CT molecular complexity index is 551. The summed E-state index contributed by atoms with van der Waals surface area (Å²) in [4.78, 5) is 25.2. The predicted octanol–water partition coefficient (Wildman–Crippen LogP) is 3.42. The number of carbonyl (C=O) groups is 2. The van der Waals surface area contributed by atoms with Crippen molar-refractivity contribution < 1.29 is 19.1 Å². The van der Waals surface area contributed by atoms with Crippen molar-refractivity contribution in [3.63, 3.8) is 0 Å². The number of benzene rings is 1. The largest absolute Gasteiger partial charge is 0.493 e. The number of hydrogen-bond donors (Lipinski definition) is 0. The molecule has 0 aliphatic heterocycles. The van der Waals surface area contributed by atoms with Gasteiger partial charge in [0.05, 0.1) is 36.1 Å². The molecule has 23 heavy (non-hydrogen) atoms. The lowest BCUT2D eigenvalue weighted by Gasteiger charge is -2.23. The first-order chi connectivity index (χ1) is 10.9. The summed E-state index contributed by atoms with van der Waals surface area (Å²) in [6.45, 7) is 4.66. The topological polar surface area (TPSA) is 55.8 Å². The van der Waals surface area contributed by atoms with Gasteiger partial charge >= 0.3 is 5.97 Å². The second kappa shape index (κ2) is 9.63. The molecule has 1 aromatic carbocycles. The Morgan fingerprint density at radius 3 is 2.52 bits per heavy atom. The lowest BCUT2D eigenvalue weighted by Crippen LogP contribution is -2.37. The zero-order valence-electron chi connectivity index (χ0n) is 13.5. The SMILES string of the molecule is CCN(CC(C)C(=O)OC)C(=O)CCOc1ccc(Cl)c(Cl)c1. The number of hydrogen-bond acceptors (Lipinski definition) is 4. The van der Waals surface area contributed by atoms with E-state index < -0.39 is 0 Å². The summed E-state index contributed by atoms with van der Waals surface area (Å²) >= 11 is 11.7. The third kappa shape index (κ3) is 6.28. The minimum absolute atomic E-state index is 0.0803. The number of esters is 1. The number of amides is 1. The van der Waals surface area contributed by atoms with Crippen LogP contribution in [0, 0.1) is 5.92 Å². The Balaban J connectivity index is 2.47. The molecular weight excluding hydrogens is 341 g/mol. The number of halogens is 2. The van der Waals surface area contributed by atoms with E-state index in [0.717, 1.165) is 0 Å². The van der Waals surface area contributed by atoms with E-state index in [-0.39, 0.29) is 30.8 Å². The van der Waals surface area contributed by atoms with E-state index in [1.54, 1.807) is 30.0 Å². The van der Waals surface area contributed by atoms with Crippen molar-refractivity contribution in [2.75, 3.05) is 26.8 Å². The van der Waals surface area contributed by atoms with Crippen LogP contribution in [0.4, 0.5) is 0 Å². The van der Waals surface area contributed by atoms with Crippen LogP contribution in [0.5, 0.6) is 5.75 Å². The second-order valence-corrected chi connectivity index (χ2v) is 5.85. The molecule has 128 valence electrons. The number of ether oxygens (including phenoxy) is 2. The highest BCUT2D eigenvalue weighted by Gasteiger charge is 2.20. The summed E-state index contributed by atoms with van der Waals surface area (Å²) < 4.78 is 10.2. The predicted molar refractivity (Wildman–Crippen MR) is 90.0 cm³/mol. The van der Waals surface area contributed by atoms with E-state index in [9.17, 15) is 9.59 Å². The number of methoxy groups -OCH3 is 1. The van der Waals surface area contributed by atoms with Gasteiger partial charge in [0, 0.05) is 19.2 Å². The van der Waals surface area contributed by atoms with Crippen molar-refractivity contribution in [2.24, 2.45) is 5.92 Å². The third-order valence-corrected chi connectivity index (χ3v) is 4.05. The van der Waals surface area contributed by atoms with Gasteiger partial charge in [0.25, 0.3) is 0 Å². The Kier molecular flexibility index (Phi) is 8.20. The van der Waals surface area contributed by atoms with Crippen molar-refractivity contribution >= 4 is 35.1 Å². The molecule has 1 atom stereocenters. The Morgan fingerprint density at radius 2 is 1.96 bits per heavy atom. The van der Waals surface area contributed by atoms with Crippen molar-refractivity contribution in [3.05, 3.63) is 28.2 Å². The molecule has 0 saturated heterocycles. The number of nitrogens with zero attached hydrogens (tertiary/aromatic N) is 1. The standard InChI is InChI=1S/C16H21Cl2NO4/c1-4-19(10-11(2)16(21)22-3)15(20)7-8-23-12-5-6-13(17)14(18)9-12/h5-6,9,11H,4,7-8,10H2,1-3H3. The molecule has 1 rings (SSSR count). The monoisotopic (exact) mass is 361 g/mol. The molecule has 0 heterocycles. The fourth-order valence-corrected chi connectivity index (χ4v) is 2.28. The van der Waals surface area contributed by atoms with Crippen LogP contribution in [-0.4, -0.2) is 43.6 Å². The van der Waals surface area contributed by atoms with E-state index >= 15 is 0 Å². The zero-order valence-corrected chi connectivity index (χ0v) is 15.0. The molecule has 0 aromatic heterocycles. The Labute approximate surface area is 146 Å². The van der Waals surface area contributed by atoms with Gasteiger partial charge in [-0.15, -0.1) is 0 Å². The van der Waals surface area contributed by atoms with Gasteiger partial charge in [0.15, 0.2) is 0 Å². The Hall–Kier alpha value is -1.46. The molecular formula is C16H21Cl2NO4. The lowest BCUT2D eigenvalue weighted by molar-refractivity contribution is -0.146. The van der Waals surface area contributed by atoms with Crippen LogP contribution >= 0.6 is 23.2 Å². The molecule has 0 saturated carbocycles. The van der Waals surface area contributed by atoms with E-state index in [0.29, 0.717) is 28.9 Å². The second-order valence-electron chi connectivity index (χ2n) is 5.03. The molecule has 0 N–H and O–H groups in total. The number of carbonyl (C=O) groups excluding carboxylic acids is 2. The Morgan fingerprint density at radius 1 is 1.26 bits per heavy atom. The molecule has 0 bridgehead atoms. The first kappa shape index (κ1) is 19.6. The van der Waals surface area contributed by atoms with E-state index in [2.05, 4.69) is 4.74 Å². The van der Waals surface area contributed by atoms with Crippen molar-refractivity contribution in [1.29, 1.82) is 0 Å². The molecule has 0 fully saturated rings. The maximum atomic E-state index is 12.2. The lowest BCUT2D eigenvalue weighted by atomic mass is 10.1. The quantitative estimate of drug-likeness (QED) is 0.665. The highest BCUT2D eigenvalue weighted by atomic mass is 35.5. The van der Waals surface area contributed by atoms with Crippen LogP contribution in [0.1, 0.15) is 20.3 Å². The van der Waals surface area contributed by atoms with Gasteiger partial charge in [-0.05, 0) is 19.1 Å². The van der Waals surface area contributed by atoms with Crippen LogP contribution in [-0.2, 0) is 14.3 Å². The highest BCUT2D eigenvalue weighted by molar-refractivity contribution is 6.42. The maximum absolute atomic E-state index is 12.2. The van der Waals surface area contributed by atoms with E-state index in [4.69, 9.17) is 27.9 Å². The van der Waals surface area contributed by atoms with Gasteiger partial charge in [-0.3, -0.25) is 9.59 Å². The molecule has 1 unspecified atom stereocenters. The van der Waals surface area contributed by atoms with Crippen molar-refractivity contribution in [1.82, 2.24) is 4.90 Å². The van der Waals surface area contributed by atoms with E-state index in [1.165, 1.54) is 7.11 Å². The molecule has 7 heteroatoms. The highest BCUT2D eigenvalue weighted by Crippen LogP contribution is 2.26. The molecule has 0 aliphatic carbocycles. The molecule has 0 spiro atoms. The average molecular weight is 362 g/mol. The van der Waals surface area contributed by atoms with Crippen molar-refractivity contribution in [3.8, 4) is 5.75 Å². The zero-order chi connectivity index (χ0) is 17.4. The minimum Gasteiger partial charge on any atom is -0.493 e. The summed E-state index contributed by atoms with van der Waals surface area (Å²) in [5.41, 5.74) is 0. The maximum Gasteiger partial charge on any atom is 0.310 e. The van der Waals surface area contributed by atoms with Gasteiger partial charge in [-0.25, -0.2) is 0 Å². The van der Waals surface area contributed by atoms with Crippen LogP contribution < -0.4 is 4.74 Å². The summed E-state index contributed by atoms with van der Waals surface area (Å²) in [6, 6.07) is 4.93. The van der Waals surface area contributed by atoms with Crippen molar-refractivity contribution in [2.45, 2.75) is 20.3 Å². The summed E-state index contributed by atoms with van der Waals surface area (Å²) in [7, 11) is 1.34. The minimum atomic E-state index is -0.361. The van der Waals surface area contributed by atoms with Crippen LogP contribution in [0.15, 0.2) is 18.2 Å². The smallest absolute Gasteiger partial charge is 0.310 e. The van der Waals surface area contributed by atoms with Crippen LogP contribution in [0.2, 0.25) is 10.0 Å². The van der Waals surface area contributed by atoms with Gasteiger partial charge < -0.3 is 14.4 Å². The molecule has 0 aliphatic rings. The van der Waals surface area contributed by atoms with Crippen LogP contribution in [0.25, 0.3) is 0 Å². The van der Waals surface area contributed by atoms with Gasteiger partial charge in [0.1, 0.15) is 5.75 Å². The molecule has 5 nitrogen and oxygen atoms in total. The fraction of sp³-hybridized carbons (Fsp3) is 0.500. The molecule has 1 amide bonds. The van der Waals surface area contributed by atoms with Gasteiger partial charge in [-0.2, -0.15) is 0 Å². The average Bonchev–Trinajstić information content (AvgIpc) is 2.54. The molecule has 1 aromatic rings. The van der Waals surface area contributed by atoms with Gasteiger partial charge in [-0.1, -0.05) is 30.1 Å². The molecule has 0 radical (unpaired) electrons. The summed E-state index contributed by atoms with van der Waals surface area (Å²) in [5, 5.41) is 0.849. The first-order valence-electron chi connectivity index (χ1n) is 7.32. The first-order valence-corrected chi connectivity index (χ1v) is 8.08. The van der Waals surface area contributed by atoms with Crippen LogP contribution in [0.3, 0.4) is 0 Å². The summed E-state index contributed by atoms with van der Waals surface area (Å²) in [6.07, 6.45) is 0.210. The normalized spacial score (nSPS) is 11.7. The third-order valence-electron chi connectivity index (χ3n) is 3.31. The van der Waals surface area contributed by atoms with Gasteiger partial charge in [0.2, 0.25) is 5.91 Å². The van der Waals surface area contributed by atoms with E-state index in [1.807, 2.05) is 6.92 Å². The number of rotatable bonds is 8. The summed E-state index contributed by atoms with van der Waals surface area (Å²) in [5.74, 6) is -0.218. The fourth-order valence-electron chi connectivity index (χ4n) is 1.99.